The van der Waals surface area contributed by atoms with Gasteiger partial charge in [-0.05, 0) is 25.0 Å². The van der Waals surface area contributed by atoms with Crippen LogP contribution in [0.1, 0.15) is 11.1 Å². The third-order valence-corrected chi connectivity index (χ3v) is 2.67. The number of amides is 1. The van der Waals surface area contributed by atoms with E-state index >= 15 is 0 Å². The third-order valence-electron chi connectivity index (χ3n) is 2.05. The molecule has 1 rings (SSSR count). The van der Waals surface area contributed by atoms with Crippen LogP contribution in [0.2, 0.25) is 0 Å². The predicted octanol–water partition coefficient (Wildman–Crippen LogP) is -2.21. The molecule has 1 aromatic rings. The molecule has 5 nitrogen and oxygen atoms in total. The van der Waals surface area contributed by atoms with Gasteiger partial charge in [-0.1, -0.05) is 18.2 Å². The van der Waals surface area contributed by atoms with Crippen LogP contribution >= 0.6 is 0 Å². The van der Waals surface area contributed by atoms with Crippen molar-refractivity contribution in [3.8, 4) is 0 Å². The van der Waals surface area contributed by atoms with E-state index in [1.165, 1.54) is 0 Å². The van der Waals surface area contributed by atoms with Gasteiger partial charge >= 0.3 is 29.6 Å². The minimum absolute atomic E-state index is 0. The Morgan fingerprint density at radius 2 is 1.76 bits per heavy atom. The van der Waals surface area contributed by atoms with Crippen molar-refractivity contribution in [2.45, 2.75) is 13.8 Å². The molecule has 0 aliphatic rings. The van der Waals surface area contributed by atoms with Gasteiger partial charge in [0.2, 0.25) is 5.91 Å². The summed E-state index contributed by atoms with van der Waals surface area (Å²) in [5, 5.41) is 2.42. The number of benzene rings is 1. The van der Waals surface area contributed by atoms with Crippen LogP contribution in [0.5, 0.6) is 0 Å². The summed E-state index contributed by atoms with van der Waals surface area (Å²) in [4.78, 5) is 11.2. The van der Waals surface area contributed by atoms with Crippen molar-refractivity contribution >= 4 is 21.7 Å². The number of para-hydroxylation sites is 1. The first-order valence-corrected chi connectivity index (χ1v) is 6.17. The van der Waals surface area contributed by atoms with Crippen LogP contribution in [-0.4, -0.2) is 24.6 Å². The van der Waals surface area contributed by atoms with Crippen LogP contribution < -0.4 is 34.9 Å². The van der Waals surface area contributed by atoms with Crippen molar-refractivity contribution in [1.29, 1.82) is 0 Å². The Morgan fingerprint density at radius 1 is 1.29 bits per heavy atom. The van der Waals surface area contributed by atoms with Gasteiger partial charge in [0.15, 0.2) is 0 Å². The fraction of sp³-hybridized carbons (Fsp3) is 0.300. The topological polar surface area (TPSA) is 86.3 Å². The van der Waals surface area contributed by atoms with E-state index in [0.717, 1.165) is 11.1 Å². The number of rotatable bonds is 3. The number of hydrogen-bond donors (Lipinski definition) is 1. The van der Waals surface area contributed by atoms with E-state index < -0.39 is 21.8 Å². The van der Waals surface area contributed by atoms with Gasteiger partial charge in [-0.3, -0.25) is 4.79 Å². The largest absolute Gasteiger partial charge is 1.00 e. The van der Waals surface area contributed by atoms with Crippen molar-refractivity contribution in [1.82, 2.24) is 0 Å². The second kappa shape index (κ2) is 6.51. The van der Waals surface area contributed by atoms with E-state index in [1.807, 2.05) is 6.07 Å². The predicted molar refractivity (Wildman–Crippen MR) is 59.1 cm³/mol. The second-order valence-corrected chi connectivity index (χ2v) is 4.92. The molecule has 0 spiro atoms. The van der Waals surface area contributed by atoms with Gasteiger partial charge in [0.25, 0.3) is 0 Å². The molecule has 0 saturated heterocycles. The van der Waals surface area contributed by atoms with Gasteiger partial charge in [-0.15, -0.1) is 0 Å². The molecule has 0 aromatic heterocycles. The Morgan fingerprint density at radius 3 is 2.18 bits per heavy atom. The fourth-order valence-corrected chi connectivity index (χ4v) is 1.74. The monoisotopic (exact) mass is 265 g/mol. The molecular formula is C10H12NNaO4S. The molecule has 0 saturated carbocycles. The first-order chi connectivity index (χ1) is 7.29. The summed E-state index contributed by atoms with van der Waals surface area (Å²) in [6.45, 7) is 3.57. The summed E-state index contributed by atoms with van der Waals surface area (Å²) in [5.74, 6) is -1.85. The molecule has 88 valence electrons. The number of anilines is 1. The van der Waals surface area contributed by atoms with Crippen LogP contribution in [0, 0.1) is 13.8 Å². The molecule has 0 radical (unpaired) electrons. The molecule has 1 aromatic carbocycles. The summed E-state index contributed by atoms with van der Waals surface area (Å²) < 4.78 is 31.2. The van der Waals surface area contributed by atoms with Gasteiger partial charge in [-0.25, -0.2) is 8.42 Å². The van der Waals surface area contributed by atoms with Crippen LogP contribution in [-0.2, 0) is 14.9 Å². The number of nitrogens with one attached hydrogen (secondary N) is 1. The maximum absolute atomic E-state index is 11.2. The van der Waals surface area contributed by atoms with Gasteiger partial charge in [0.05, 0.1) is 0 Å². The van der Waals surface area contributed by atoms with E-state index in [-0.39, 0.29) is 29.6 Å². The Kier molecular flexibility index (Phi) is 6.36. The molecule has 7 heteroatoms. The molecular weight excluding hydrogens is 253 g/mol. The van der Waals surface area contributed by atoms with Crippen molar-refractivity contribution in [2.24, 2.45) is 0 Å². The minimum Gasteiger partial charge on any atom is -0.748 e. The van der Waals surface area contributed by atoms with Gasteiger partial charge in [0, 0.05) is 5.69 Å². The number of carbonyl (C=O) groups is 1. The zero-order valence-electron chi connectivity index (χ0n) is 9.98. The summed E-state index contributed by atoms with van der Waals surface area (Å²) in [7, 11) is -4.53. The molecule has 0 fully saturated rings. The average molecular weight is 265 g/mol. The molecule has 0 unspecified atom stereocenters. The summed E-state index contributed by atoms with van der Waals surface area (Å²) in [5.41, 5.74) is 2.18. The summed E-state index contributed by atoms with van der Waals surface area (Å²) in [6, 6.07) is 5.40. The van der Waals surface area contributed by atoms with Crippen molar-refractivity contribution in [3.63, 3.8) is 0 Å². The maximum Gasteiger partial charge on any atom is 1.00 e. The van der Waals surface area contributed by atoms with E-state index in [2.05, 4.69) is 5.32 Å². The Balaban J connectivity index is 0.00000256. The molecule has 17 heavy (non-hydrogen) atoms. The summed E-state index contributed by atoms with van der Waals surface area (Å²) in [6.07, 6.45) is 0. The quantitative estimate of drug-likeness (QED) is 0.496. The molecule has 0 atom stereocenters. The molecule has 0 aliphatic heterocycles. The third kappa shape index (κ3) is 5.65. The zero-order valence-corrected chi connectivity index (χ0v) is 12.8. The van der Waals surface area contributed by atoms with Crippen molar-refractivity contribution < 1.29 is 47.3 Å². The Labute approximate surface area is 123 Å². The van der Waals surface area contributed by atoms with Crippen LogP contribution in [0.15, 0.2) is 18.2 Å². The first-order valence-electron chi connectivity index (χ1n) is 4.59. The SMILES string of the molecule is Cc1cccc(C)c1NC(=O)CS(=O)(=O)[O-].[Na+]. The smallest absolute Gasteiger partial charge is 0.748 e. The first kappa shape index (κ1) is 16.6. The number of aryl methyl sites for hydroxylation is 2. The van der Waals surface area contributed by atoms with Crippen molar-refractivity contribution in [2.75, 3.05) is 11.1 Å². The van der Waals surface area contributed by atoms with E-state index in [4.69, 9.17) is 0 Å². The standard InChI is InChI=1S/C10H13NO4S.Na/c1-7-4-3-5-8(2)10(7)11-9(12)6-16(13,14)15;/h3-5H,6H2,1-2H3,(H,11,12)(H,13,14,15);/q;+1/p-1. The molecule has 1 N–H and O–H groups in total. The van der Waals surface area contributed by atoms with Gasteiger partial charge < -0.3 is 9.87 Å². The fourth-order valence-electron chi connectivity index (χ4n) is 1.35. The number of hydrogen-bond acceptors (Lipinski definition) is 4. The Hall–Kier alpha value is -0.400. The number of carbonyl (C=O) groups excluding carboxylic acids is 1. The second-order valence-electron chi connectivity index (χ2n) is 3.52. The van der Waals surface area contributed by atoms with E-state index in [0.29, 0.717) is 5.69 Å². The summed E-state index contributed by atoms with van der Waals surface area (Å²) >= 11 is 0. The van der Waals surface area contributed by atoms with E-state index in [1.54, 1.807) is 26.0 Å². The zero-order chi connectivity index (χ0) is 12.3. The molecule has 1 amide bonds. The van der Waals surface area contributed by atoms with Crippen LogP contribution in [0.25, 0.3) is 0 Å². The Bertz CT molecular complexity index is 493. The van der Waals surface area contributed by atoms with E-state index in [9.17, 15) is 17.8 Å². The van der Waals surface area contributed by atoms with Gasteiger partial charge in [0.1, 0.15) is 15.9 Å². The normalized spacial score (nSPS) is 10.5. The minimum atomic E-state index is -4.53. The van der Waals surface area contributed by atoms with Crippen LogP contribution in [0.4, 0.5) is 5.69 Å². The molecule has 0 heterocycles. The van der Waals surface area contributed by atoms with Crippen LogP contribution in [0.3, 0.4) is 0 Å². The molecule has 0 aliphatic carbocycles. The van der Waals surface area contributed by atoms with Gasteiger partial charge in [-0.2, -0.15) is 0 Å². The van der Waals surface area contributed by atoms with Crippen molar-refractivity contribution in [3.05, 3.63) is 29.3 Å². The average Bonchev–Trinajstić information content (AvgIpc) is 2.08. The molecule has 0 bridgehead atoms. The maximum atomic E-state index is 11.2.